The van der Waals surface area contributed by atoms with Gasteiger partial charge in [-0.3, -0.25) is 9.78 Å². The highest BCUT2D eigenvalue weighted by Gasteiger charge is 2.17. The standard InChI is InChI=1S/C29H29BrClN3O2/c1-20(33-27-18-26(36-2)17-22-8-4-14-32-28(22)27)6-5-15-34(19-21-10-12-25(31)13-11-21)29(35)23-7-3-9-24(30)16-23/h3-4,7-14,16-18,20,33H,5-6,15,19H2,1-2H3. The van der Waals surface area contributed by atoms with Crippen LogP contribution in [0.4, 0.5) is 5.69 Å². The van der Waals surface area contributed by atoms with Gasteiger partial charge in [0.2, 0.25) is 0 Å². The van der Waals surface area contributed by atoms with Gasteiger partial charge in [-0.1, -0.05) is 51.8 Å². The summed E-state index contributed by atoms with van der Waals surface area (Å²) in [4.78, 5) is 19.8. The van der Waals surface area contributed by atoms with Crippen LogP contribution in [0.5, 0.6) is 5.75 Å². The van der Waals surface area contributed by atoms with Crippen molar-refractivity contribution in [1.82, 2.24) is 9.88 Å². The molecule has 186 valence electrons. The maximum atomic E-state index is 13.4. The lowest BCUT2D eigenvalue weighted by molar-refractivity contribution is 0.0739. The Morgan fingerprint density at radius 1 is 1.11 bits per heavy atom. The zero-order valence-corrected chi connectivity index (χ0v) is 22.7. The highest BCUT2D eigenvalue weighted by atomic mass is 79.9. The Kier molecular flexibility index (Phi) is 8.83. The van der Waals surface area contributed by atoms with Gasteiger partial charge in [0.05, 0.1) is 18.3 Å². The van der Waals surface area contributed by atoms with Crippen LogP contribution in [-0.4, -0.2) is 35.5 Å². The molecule has 0 spiro atoms. The molecule has 1 heterocycles. The Hall–Kier alpha value is -3.09. The molecule has 1 N–H and O–H groups in total. The molecule has 5 nitrogen and oxygen atoms in total. The van der Waals surface area contributed by atoms with Crippen molar-refractivity contribution in [3.63, 3.8) is 0 Å². The number of ether oxygens (including phenoxy) is 1. The average molecular weight is 567 g/mol. The van der Waals surface area contributed by atoms with Gasteiger partial charge in [-0.2, -0.15) is 0 Å². The number of amides is 1. The summed E-state index contributed by atoms with van der Waals surface area (Å²) in [5, 5.41) is 5.30. The molecule has 4 rings (SSSR count). The quantitative estimate of drug-likeness (QED) is 0.215. The van der Waals surface area contributed by atoms with E-state index in [1.807, 2.05) is 77.7 Å². The fourth-order valence-corrected chi connectivity index (χ4v) is 4.71. The molecule has 4 aromatic rings. The van der Waals surface area contributed by atoms with Crippen LogP contribution < -0.4 is 10.1 Å². The van der Waals surface area contributed by atoms with Crippen LogP contribution in [-0.2, 0) is 6.54 Å². The molecule has 0 bridgehead atoms. The first-order valence-corrected chi connectivity index (χ1v) is 13.1. The van der Waals surface area contributed by atoms with Crippen molar-refractivity contribution in [3.8, 4) is 5.75 Å². The number of carbonyl (C=O) groups is 1. The van der Waals surface area contributed by atoms with Gasteiger partial charge in [-0.25, -0.2) is 0 Å². The zero-order valence-electron chi connectivity index (χ0n) is 20.4. The number of methoxy groups -OCH3 is 1. The van der Waals surface area contributed by atoms with Gasteiger partial charge in [-0.05, 0) is 67.8 Å². The predicted octanol–water partition coefficient (Wildman–Crippen LogP) is 7.58. The molecule has 0 aliphatic carbocycles. The Balaban J connectivity index is 1.44. The molecule has 3 aromatic carbocycles. The fourth-order valence-electron chi connectivity index (χ4n) is 4.19. The summed E-state index contributed by atoms with van der Waals surface area (Å²) >= 11 is 9.54. The maximum absolute atomic E-state index is 13.4. The molecule has 0 saturated heterocycles. The van der Waals surface area contributed by atoms with Crippen molar-refractivity contribution in [3.05, 3.63) is 99.6 Å². The van der Waals surface area contributed by atoms with Gasteiger partial charge >= 0.3 is 0 Å². The second-order valence-electron chi connectivity index (χ2n) is 8.80. The van der Waals surface area contributed by atoms with E-state index in [1.165, 1.54) is 0 Å². The van der Waals surface area contributed by atoms with E-state index < -0.39 is 0 Å². The van der Waals surface area contributed by atoms with Gasteiger partial charge in [0.25, 0.3) is 5.91 Å². The SMILES string of the molecule is COc1cc(NC(C)CCCN(Cc2ccc(Cl)cc2)C(=O)c2cccc(Br)c2)c2ncccc2c1. The number of anilines is 1. The minimum atomic E-state index is 0.00912. The number of carbonyl (C=O) groups excluding carboxylic acids is 1. The largest absolute Gasteiger partial charge is 0.497 e. The molecule has 7 heteroatoms. The number of fused-ring (bicyclic) bond motifs is 1. The summed E-state index contributed by atoms with van der Waals surface area (Å²) in [6.07, 6.45) is 3.53. The van der Waals surface area contributed by atoms with E-state index in [1.54, 1.807) is 13.3 Å². The first kappa shape index (κ1) is 26.0. The summed E-state index contributed by atoms with van der Waals surface area (Å²) < 4.78 is 6.36. The van der Waals surface area contributed by atoms with Gasteiger partial charge in [-0.15, -0.1) is 0 Å². The first-order valence-electron chi connectivity index (χ1n) is 11.9. The Bertz CT molecular complexity index is 1330. The van der Waals surface area contributed by atoms with Gasteiger partial charge in [0.15, 0.2) is 0 Å². The second-order valence-corrected chi connectivity index (χ2v) is 10.2. The third-order valence-corrected chi connectivity index (χ3v) is 6.77. The molecular formula is C29H29BrClN3O2. The van der Waals surface area contributed by atoms with Crippen LogP contribution in [0.3, 0.4) is 0 Å². The molecule has 0 saturated carbocycles. The van der Waals surface area contributed by atoms with Crippen molar-refractivity contribution in [2.24, 2.45) is 0 Å². The molecule has 1 unspecified atom stereocenters. The third-order valence-electron chi connectivity index (χ3n) is 6.03. The van der Waals surface area contributed by atoms with Crippen LogP contribution in [0, 0.1) is 0 Å². The minimum absolute atomic E-state index is 0.00912. The summed E-state index contributed by atoms with van der Waals surface area (Å²) in [7, 11) is 1.67. The lowest BCUT2D eigenvalue weighted by atomic mass is 10.1. The smallest absolute Gasteiger partial charge is 0.254 e. The van der Waals surface area contributed by atoms with E-state index in [0.29, 0.717) is 23.7 Å². The molecule has 1 amide bonds. The molecule has 0 aliphatic rings. The van der Waals surface area contributed by atoms with Crippen LogP contribution >= 0.6 is 27.5 Å². The normalized spacial score (nSPS) is 11.8. The van der Waals surface area contributed by atoms with E-state index >= 15 is 0 Å². The Morgan fingerprint density at radius 3 is 2.67 bits per heavy atom. The van der Waals surface area contributed by atoms with E-state index in [0.717, 1.165) is 45.2 Å². The van der Waals surface area contributed by atoms with Gasteiger partial charge in [0.1, 0.15) is 5.75 Å². The fraction of sp³-hybridized carbons (Fsp3) is 0.241. The summed E-state index contributed by atoms with van der Waals surface area (Å²) in [6, 6.07) is 23.3. The number of benzene rings is 3. The van der Waals surface area contributed by atoms with E-state index in [9.17, 15) is 4.79 Å². The number of nitrogens with one attached hydrogen (secondary N) is 1. The molecular weight excluding hydrogens is 538 g/mol. The lowest BCUT2D eigenvalue weighted by Crippen LogP contribution is -2.32. The van der Waals surface area contributed by atoms with Crippen molar-refractivity contribution in [2.45, 2.75) is 32.4 Å². The second kappa shape index (κ2) is 12.2. The van der Waals surface area contributed by atoms with Crippen molar-refractivity contribution in [2.75, 3.05) is 19.0 Å². The number of hydrogen-bond donors (Lipinski definition) is 1. The average Bonchev–Trinajstić information content (AvgIpc) is 2.88. The highest BCUT2D eigenvalue weighted by Crippen LogP contribution is 2.28. The number of nitrogens with zero attached hydrogens (tertiary/aromatic N) is 2. The van der Waals surface area contributed by atoms with Gasteiger partial charge < -0.3 is 15.0 Å². The monoisotopic (exact) mass is 565 g/mol. The molecule has 0 fully saturated rings. The Labute approximate surface area is 225 Å². The first-order chi connectivity index (χ1) is 17.4. The number of pyridine rings is 1. The van der Waals surface area contributed by atoms with Gasteiger partial charge in [0, 0.05) is 51.8 Å². The number of hydrogen-bond acceptors (Lipinski definition) is 4. The number of aromatic nitrogens is 1. The van der Waals surface area contributed by atoms with Crippen molar-refractivity contribution in [1.29, 1.82) is 0 Å². The predicted molar refractivity (Wildman–Crippen MR) is 151 cm³/mol. The molecule has 1 aromatic heterocycles. The minimum Gasteiger partial charge on any atom is -0.497 e. The van der Waals surface area contributed by atoms with Crippen LogP contribution in [0.2, 0.25) is 5.02 Å². The van der Waals surface area contributed by atoms with E-state index in [-0.39, 0.29) is 11.9 Å². The third kappa shape index (κ3) is 6.77. The lowest BCUT2D eigenvalue weighted by Gasteiger charge is -2.24. The number of rotatable bonds is 10. The van der Waals surface area contributed by atoms with Crippen LogP contribution in [0.15, 0.2) is 83.5 Å². The van der Waals surface area contributed by atoms with Crippen LogP contribution in [0.1, 0.15) is 35.7 Å². The highest BCUT2D eigenvalue weighted by molar-refractivity contribution is 9.10. The van der Waals surface area contributed by atoms with Crippen molar-refractivity contribution >= 4 is 50.0 Å². The summed E-state index contributed by atoms with van der Waals surface area (Å²) in [5.41, 5.74) is 3.57. The molecule has 1 atom stereocenters. The summed E-state index contributed by atoms with van der Waals surface area (Å²) in [6.45, 7) is 3.31. The van der Waals surface area contributed by atoms with Crippen LogP contribution in [0.25, 0.3) is 10.9 Å². The van der Waals surface area contributed by atoms with E-state index in [2.05, 4.69) is 33.2 Å². The molecule has 0 aliphatic heterocycles. The molecule has 36 heavy (non-hydrogen) atoms. The molecule has 0 radical (unpaired) electrons. The summed E-state index contributed by atoms with van der Waals surface area (Å²) in [5.74, 6) is 0.800. The Morgan fingerprint density at radius 2 is 1.92 bits per heavy atom. The number of halogens is 2. The maximum Gasteiger partial charge on any atom is 0.254 e. The van der Waals surface area contributed by atoms with E-state index in [4.69, 9.17) is 16.3 Å². The van der Waals surface area contributed by atoms with Crippen molar-refractivity contribution < 1.29 is 9.53 Å². The topological polar surface area (TPSA) is 54.5 Å². The zero-order chi connectivity index (χ0) is 25.5.